The Labute approximate surface area is 127 Å². The molecule has 0 saturated carbocycles. The fraction of sp³-hybridized carbons (Fsp3) is 0.0769. The van der Waals surface area contributed by atoms with Crippen LogP contribution in [0.5, 0.6) is 0 Å². The quantitative estimate of drug-likeness (QED) is 0.843. The van der Waals surface area contributed by atoms with Crippen LogP contribution in [0, 0.1) is 6.92 Å². The predicted octanol–water partition coefficient (Wildman–Crippen LogP) is 3.68. The van der Waals surface area contributed by atoms with Gasteiger partial charge in [0.2, 0.25) is 0 Å². The smallest absolute Gasteiger partial charge is 0.262 e. The molecule has 0 aliphatic rings. The molecule has 2 aromatic rings. The summed E-state index contributed by atoms with van der Waals surface area (Å²) in [7, 11) is -3.76. The van der Waals surface area contributed by atoms with Crippen molar-refractivity contribution in [3.05, 3.63) is 52.0 Å². The lowest BCUT2D eigenvalue weighted by atomic mass is 10.2. The molecule has 2 rings (SSSR count). The molecule has 4 nitrogen and oxygen atoms in total. The molecular weight excluding hydrogens is 319 g/mol. The van der Waals surface area contributed by atoms with Crippen molar-refractivity contribution in [2.75, 3.05) is 10.5 Å². The molecule has 0 fully saturated rings. The number of hydrogen-bond acceptors (Lipinski definition) is 3. The second kappa shape index (κ2) is 5.52. The molecule has 20 heavy (non-hydrogen) atoms. The van der Waals surface area contributed by atoms with Gasteiger partial charge in [-0.2, -0.15) is 0 Å². The van der Waals surface area contributed by atoms with Crippen LogP contribution in [0.15, 0.2) is 41.3 Å². The molecule has 7 heteroatoms. The van der Waals surface area contributed by atoms with Crippen LogP contribution in [-0.2, 0) is 10.0 Å². The third-order valence-corrected chi connectivity index (χ3v) is 4.94. The number of sulfonamides is 1. The lowest BCUT2D eigenvalue weighted by Gasteiger charge is -2.11. The summed E-state index contributed by atoms with van der Waals surface area (Å²) in [6, 6.07) is 9.23. The lowest BCUT2D eigenvalue weighted by Crippen LogP contribution is -2.13. The molecule has 0 atom stereocenters. The number of nitrogens with two attached hydrogens (primary N) is 1. The van der Waals surface area contributed by atoms with E-state index in [1.165, 1.54) is 18.2 Å². The van der Waals surface area contributed by atoms with Gasteiger partial charge in [-0.3, -0.25) is 4.72 Å². The third kappa shape index (κ3) is 3.00. The topological polar surface area (TPSA) is 72.2 Å². The van der Waals surface area contributed by atoms with Gasteiger partial charge in [0.05, 0.1) is 20.6 Å². The summed E-state index contributed by atoms with van der Waals surface area (Å²) < 4.78 is 26.9. The van der Waals surface area contributed by atoms with Gasteiger partial charge in [-0.25, -0.2) is 8.42 Å². The summed E-state index contributed by atoms with van der Waals surface area (Å²) in [6.45, 7) is 1.80. The summed E-state index contributed by atoms with van der Waals surface area (Å²) in [5, 5.41) is 0.424. The van der Waals surface area contributed by atoms with E-state index in [0.717, 1.165) is 5.56 Å². The van der Waals surface area contributed by atoms with E-state index in [9.17, 15) is 8.42 Å². The summed E-state index contributed by atoms with van der Waals surface area (Å²) >= 11 is 11.8. The Bertz CT molecular complexity index is 761. The van der Waals surface area contributed by atoms with Crippen LogP contribution >= 0.6 is 23.2 Å². The van der Waals surface area contributed by atoms with E-state index >= 15 is 0 Å². The minimum Gasteiger partial charge on any atom is -0.398 e. The van der Waals surface area contributed by atoms with Crippen molar-refractivity contribution in [3.63, 3.8) is 0 Å². The Hall–Kier alpha value is -1.43. The van der Waals surface area contributed by atoms with Crippen molar-refractivity contribution in [1.82, 2.24) is 0 Å². The summed E-state index contributed by atoms with van der Waals surface area (Å²) in [5.41, 5.74) is 7.16. The molecule has 0 unspecified atom stereocenters. The Kier molecular flexibility index (Phi) is 4.13. The summed E-state index contributed by atoms with van der Waals surface area (Å²) in [5.74, 6) is 0. The largest absolute Gasteiger partial charge is 0.398 e. The van der Waals surface area contributed by atoms with Gasteiger partial charge in [0, 0.05) is 5.69 Å². The van der Waals surface area contributed by atoms with E-state index in [0.29, 0.717) is 5.69 Å². The molecular formula is C13H12Cl2N2O2S. The first-order chi connectivity index (χ1) is 9.31. The molecule has 0 bridgehead atoms. The Balaban J connectivity index is 2.41. The highest BCUT2D eigenvalue weighted by molar-refractivity contribution is 7.92. The number of benzene rings is 2. The second-order valence-corrected chi connectivity index (χ2v) is 6.69. The molecule has 2 aromatic carbocycles. The van der Waals surface area contributed by atoms with E-state index < -0.39 is 10.0 Å². The van der Waals surface area contributed by atoms with Gasteiger partial charge in [0.25, 0.3) is 10.0 Å². The SMILES string of the molecule is Cc1ccc(S(=O)(=O)Nc2cccc(Cl)c2Cl)cc1N. The molecule has 0 radical (unpaired) electrons. The molecule has 3 N–H and O–H groups in total. The molecule has 0 aromatic heterocycles. The Morgan fingerprint density at radius 3 is 2.50 bits per heavy atom. The summed E-state index contributed by atoms with van der Waals surface area (Å²) in [6.07, 6.45) is 0. The molecule has 0 amide bonds. The first-order valence-corrected chi connectivity index (χ1v) is 7.88. The zero-order valence-corrected chi connectivity index (χ0v) is 12.9. The first-order valence-electron chi connectivity index (χ1n) is 5.64. The zero-order valence-electron chi connectivity index (χ0n) is 10.5. The highest BCUT2D eigenvalue weighted by atomic mass is 35.5. The number of halogens is 2. The van der Waals surface area contributed by atoms with Crippen molar-refractivity contribution < 1.29 is 8.42 Å². The van der Waals surface area contributed by atoms with Crippen molar-refractivity contribution in [3.8, 4) is 0 Å². The number of rotatable bonds is 3. The maximum Gasteiger partial charge on any atom is 0.262 e. The van der Waals surface area contributed by atoms with Gasteiger partial charge in [0.15, 0.2) is 0 Å². The number of anilines is 2. The number of hydrogen-bond donors (Lipinski definition) is 2. The minimum atomic E-state index is -3.76. The van der Waals surface area contributed by atoms with E-state index in [4.69, 9.17) is 28.9 Å². The van der Waals surface area contributed by atoms with E-state index in [-0.39, 0.29) is 20.6 Å². The molecule has 0 aliphatic carbocycles. The standard InChI is InChI=1S/C13H12Cl2N2O2S/c1-8-5-6-9(7-11(8)16)20(18,19)17-12-4-2-3-10(14)13(12)15/h2-7,17H,16H2,1H3. The Morgan fingerprint density at radius 1 is 1.15 bits per heavy atom. The van der Waals surface area contributed by atoms with Gasteiger partial charge in [-0.15, -0.1) is 0 Å². The van der Waals surface area contributed by atoms with Crippen LogP contribution in [0.1, 0.15) is 5.56 Å². The van der Waals surface area contributed by atoms with Gasteiger partial charge >= 0.3 is 0 Å². The molecule has 0 heterocycles. The predicted molar refractivity (Wildman–Crippen MR) is 82.9 cm³/mol. The molecule has 0 aliphatic heterocycles. The maximum atomic E-state index is 12.3. The van der Waals surface area contributed by atoms with E-state index in [2.05, 4.69) is 4.72 Å². The molecule has 106 valence electrons. The third-order valence-electron chi connectivity index (χ3n) is 2.76. The van der Waals surface area contributed by atoms with Crippen molar-refractivity contribution in [2.24, 2.45) is 0 Å². The van der Waals surface area contributed by atoms with Crippen molar-refractivity contribution >= 4 is 44.6 Å². The van der Waals surface area contributed by atoms with Gasteiger partial charge < -0.3 is 5.73 Å². The number of nitrogen functional groups attached to an aromatic ring is 1. The second-order valence-electron chi connectivity index (χ2n) is 4.23. The van der Waals surface area contributed by atoms with Crippen LogP contribution in [0.25, 0.3) is 0 Å². The zero-order chi connectivity index (χ0) is 14.9. The van der Waals surface area contributed by atoms with Crippen LogP contribution in [-0.4, -0.2) is 8.42 Å². The molecule has 0 spiro atoms. The van der Waals surface area contributed by atoms with Crippen LogP contribution in [0.2, 0.25) is 10.0 Å². The van der Waals surface area contributed by atoms with Crippen molar-refractivity contribution in [2.45, 2.75) is 11.8 Å². The highest BCUT2D eigenvalue weighted by Crippen LogP contribution is 2.31. The number of aryl methyl sites for hydroxylation is 1. The van der Waals surface area contributed by atoms with E-state index in [1.807, 2.05) is 0 Å². The fourth-order valence-electron chi connectivity index (χ4n) is 1.57. The average molecular weight is 331 g/mol. The average Bonchev–Trinajstić information content (AvgIpc) is 2.38. The monoisotopic (exact) mass is 330 g/mol. The minimum absolute atomic E-state index is 0.0663. The Morgan fingerprint density at radius 2 is 1.85 bits per heavy atom. The van der Waals surface area contributed by atoms with Gasteiger partial charge in [-0.1, -0.05) is 35.3 Å². The van der Waals surface area contributed by atoms with Crippen molar-refractivity contribution in [1.29, 1.82) is 0 Å². The van der Waals surface area contributed by atoms with E-state index in [1.54, 1.807) is 25.1 Å². The normalized spacial score (nSPS) is 11.3. The van der Waals surface area contributed by atoms with Gasteiger partial charge in [-0.05, 0) is 36.8 Å². The van der Waals surface area contributed by atoms with Gasteiger partial charge in [0.1, 0.15) is 0 Å². The maximum absolute atomic E-state index is 12.3. The summed E-state index contributed by atoms with van der Waals surface area (Å²) in [4.78, 5) is 0.0663. The number of nitrogens with one attached hydrogen (secondary N) is 1. The van der Waals surface area contributed by atoms with Crippen LogP contribution < -0.4 is 10.5 Å². The fourth-order valence-corrected chi connectivity index (χ4v) is 3.08. The first kappa shape index (κ1) is 15.0. The van der Waals surface area contributed by atoms with Crippen LogP contribution in [0.4, 0.5) is 11.4 Å². The molecule has 0 saturated heterocycles. The lowest BCUT2D eigenvalue weighted by molar-refractivity contribution is 0.601. The van der Waals surface area contributed by atoms with Crippen LogP contribution in [0.3, 0.4) is 0 Å². The highest BCUT2D eigenvalue weighted by Gasteiger charge is 2.17.